The van der Waals surface area contributed by atoms with Crippen LogP contribution in [0.15, 0.2) is 60.4 Å². The molecule has 4 rings (SSSR count). The standard InChI is InChI=1S/C31H39N7O2/c1-7-33-25-19-34-30(38-15-9-8-10-16-38)37-27(25)28(32)35-23-17-21(12-11-20(23)2)29(39)36-24-18-22(31(3,4)5)13-14-26(24)40-6/h7,11-14,17-19,33H,1,8-10,15-16H2,2-6H3,(H2,32,35)(H,36,39). The molecular formula is C31H39N7O2. The maximum atomic E-state index is 13.3. The average molecular weight is 542 g/mol. The van der Waals surface area contributed by atoms with Gasteiger partial charge in [-0.3, -0.25) is 4.79 Å². The van der Waals surface area contributed by atoms with E-state index in [4.69, 9.17) is 20.4 Å². The number of amidine groups is 1. The molecule has 0 saturated carbocycles. The molecule has 1 saturated heterocycles. The van der Waals surface area contributed by atoms with Crippen LogP contribution in [0.1, 0.15) is 67.2 Å². The number of methoxy groups -OCH3 is 1. The van der Waals surface area contributed by atoms with Crippen LogP contribution in [0, 0.1) is 6.92 Å². The van der Waals surface area contributed by atoms with Crippen molar-refractivity contribution < 1.29 is 9.53 Å². The number of amides is 1. The molecule has 1 amide bonds. The van der Waals surface area contributed by atoms with Gasteiger partial charge in [0.05, 0.1) is 30.4 Å². The van der Waals surface area contributed by atoms with Gasteiger partial charge < -0.3 is 26.0 Å². The van der Waals surface area contributed by atoms with Gasteiger partial charge >= 0.3 is 0 Å². The first-order valence-corrected chi connectivity index (χ1v) is 13.5. The summed E-state index contributed by atoms with van der Waals surface area (Å²) in [4.78, 5) is 29.5. The van der Waals surface area contributed by atoms with Gasteiger partial charge in [-0.15, -0.1) is 0 Å². The molecule has 1 aliphatic heterocycles. The van der Waals surface area contributed by atoms with Gasteiger partial charge in [0.15, 0.2) is 5.84 Å². The Balaban J connectivity index is 1.65. The third kappa shape index (κ3) is 6.59. The number of hydrogen-bond acceptors (Lipinski definition) is 7. The number of nitrogens with zero attached hydrogens (tertiary/aromatic N) is 4. The van der Waals surface area contributed by atoms with Crippen molar-refractivity contribution in [2.75, 3.05) is 35.7 Å². The summed E-state index contributed by atoms with van der Waals surface area (Å²) in [5.41, 5.74) is 11.1. The number of carbonyl (C=O) groups excluding carboxylic acids is 1. The van der Waals surface area contributed by atoms with Gasteiger partial charge in [-0.2, -0.15) is 0 Å². The van der Waals surface area contributed by atoms with Gasteiger partial charge in [0.2, 0.25) is 5.95 Å². The van der Waals surface area contributed by atoms with Crippen LogP contribution in [0.4, 0.5) is 23.0 Å². The van der Waals surface area contributed by atoms with Crippen molar-refractivity contribution in [2.24, 2.45) is 10.7 Å². The predicted octanol–water partition coefficient (Wildman–Crippen LogP) is 5.93. The Kier molecular flexibility index (Phi) is 8.72. The first kappa shape index (κ1) is 28.6. The Labute approximate surface area is 236 Å². The van der Waals surface area contributed by atoms with E-state index in [2.05, 4.69) is 47.9 Å². The topological polar surface area (TPSA) is 118 Å². The number of piperidine rings is 1. The number of hydrogen-bond donors (Lipinski definition) is 3. The quantitative estimate of drug-likeness (QED) is 0.239. The number of carbonyl (C=O) groups is 1. The van der Waals surface area contributed by atoms with Gasteiger partial charge in [-0.05, 0) is 73.2 Å². The molecule has 210 valence electrons. The Morgan fingerprint density at radius 2 is 1.88 bits per heavy atom. The van der Waals surface area contributed by atoms with E-state index in [0.717, 1.165) is 37.1 Å². The minimum atomic E-state index is -0.275. The minimum Gasteiger partial charge on any atom is -0.495 e. The number of nitrogens with two attached hydrogens (primary N) is 1. The highest BCUT2D eigenvalue weighted by Gasteiger charge is 2.19. The second-order valence-electron chi connectivity index (χ2n) is 10.9. The third-order valence-corrected chi connectivity index (χ3v) is 6.94. The van der Waals surface area contributed by atoms with Crippen molar-refractivity contribution in [2.45, 2.75) is 52.4 Å². The molecule has 1 aromatic heterocycles. The highest BCUT2D eigenvalue weighted by molar-refractivity contribution is 6.06. The first-order valence-electron chi connectivity index (χ1n) is 13.5. The van der Waals surface area contributed by atoms with Gasteiger partial charge in [-0.1, -0.05) is 39.5 Å². The molecule has 4 N–H and O–H groups in total. The number of benzene rings is 2. The summed E-state index contributed by atoms with van der Waals surface area (Å²) < 4.78 is 5.50. The zero-order valence-corrected chi connectivity index (χ0v) is 24.0. The Bertz CT molecular complexity index is 1420. The molecule has 0 bridgehead atoms. The van der Waals surface area contributed by atoms with Crippen LogP contribution in [-0.4, -0.2) is 41.9 Å². The van der Waals surface area contributed by atoms with Gasteiger partial charge in [0.25, 0.3) is 5.91 Å². The van der Waals surface area contributed by atoms with Crippen LogP contribution in [-0.2, 0) is 5.41 Å². The summed E-state index contributed by atoms with van der Waals surface area (Å²) in [5, 5.41) is 6.05. The molecule has 1 fully saturated rings. The number of anilines is 3. The molecule has 0 unspecified atom stereocenters. The highest BCUT2D eigenvalue weighted by Crippen LogP contribution is 2.32. The van der Waals surface area contributed by atoms with Gasteiger partial charge in [0.1, 0.15) is 11.4 Å². The summed E-state index contributed by atoms with van der Waals surface area (Å²) in [7, 11) is 1.59. The average Bonchev–Trinajstić information content (AvgIpc) is 2.94. The van der Waals surface area contributed by atoms with Crippen LogP contribution in [0.2, 0.25) is 0 Å². The van der Waals surface area contributed by atoms with Crippen molar-refractivity contribution in [3.8, 4) is 5.75 Å². The molecule has 0 atom stereocenters. The fourth-order valence-electron chi connectivity index (χ4n) is 4.55. The van der Waals surface area contributed by atoms with E-state index in [1.54, 1.807) is 31.6 Å². The second kappa shape index (κ2) is 12.2. The van der Waals surface area contributed by atoms with Crippen molar-refractivity contribution in [1.29, 1.82) is 0 Å². The SMILES string of the molecule is C=CNc1cnc(N2CCCCC2)nc1C(N)=Nc1cc(C(=O)Nc2cc(C(C)(C)C)ccc2OC)ccc1C. The first-order chi connectivity index (χ1) is 19.1. The smallest absolute Gasteiger partial charge is 0.255 e. The van der Waals surface area contributed by atoms with Crippen LogP contribution >= 0.6 is 0 Å². The molecule has 9 heteroatoms. The highest BCUT2D eigenvalue weighted by atomic mass is 16.5. The van der Waals surface area contributed by atoms with E-state index in [9.17, 15) is 4.79 Å². The number of aryl methyl sites for hydroxylation is 1. The number of nitrogens with one attached hydrogen (secondary N) is 2. The molecule has 0 aliphatic carbocycles. The van der Waals surface area contributed by atoms with E-state index in [1.165, 1.54) is 6.42 Å². The molecule has 9 nitrogen and oxygen atoms in total. The van der Waals surface area contributed by atoms with Crippen LogP contribution in [0.3, 0.4) is 0 Å². The maximum absolute atomic E-state index is 13.3. The number of aliphatic imine (C=N–C) groups is 1. The second-order valence-corrected chi connectivity index (χ2v) is 10.9. The van der Waals surface area contributed by atoms with E-state index in [-0.39, 0.29) is 17.2 Å². The molecule has 2 aromatic carbocycles. The van der Waals surface area contributed by atoms with Crippen molar-refractivity contribution >= 4 is 34.8 Å². The lowest BCUT2D eigenvalue weighted by atomic mass is 9.87. The van der Waals surface area contributed by atoms with Crippen LogP contribution in [0.25, 0.3) is 0 Å². The molecule has 0 radical (unpaired) electrons. The lowest BCUT2D eigenvalue weighted by molar-refractivity contribution is 0.102. The fourth-order valence-corrected chi connectivity index (χ4v) is 4.55. The minimum absolute atomic E-state index is 0.0802. The van der Waals surface area contributed by atoms with Crippen LogP contribution in [0.5, 0.6) is 5.75 Å². The molecule has 3 aromatic rings. The van der Waals surface area contributed by atoms with Crippen molar-refractivity contribution in [3.05, 3.63) is 77.8 Å². The van der Waals surface area contributed by atoms with E-state index in [0.29, 0.717) is 40.0 Å². The van der Waals surface area contributed by atoms with Gasteiger partial charge in [-0.25, -0.2) is 15.0 Å². The molecule has 1 aliphatic rings. The summed E-state index contributed by atoms with van der Waals surface area (Å²) in [6.45, 7) is 13.9. The van der Waals surface area contributed by atoms with Crippen molar-refractivity contribution in [3.63, 3.8) is 0 Å². The zero-order chi connectivity index (χ0) is 28.9. The zero-order valence-electron chi connectivity index (χ0n) is 24.0. The maximum Gasteiger partial charge on any atom is 0.255 e. The Morgan fingerprint density at radius 1 is 1.12 bits per heavy atom. The van der Waals surface area contributed by atoms with E-state index < -0.39 is 0 Å². The lowest BCUT2D eigenvalue weighted by Crippen LogP contribution is -2.32. The predicted molar refractivity (Wildman–Crippen MR) is 163 cm³/mol. The number of rotatable bonds is 8. The van der Waals surface area contributed by atoms with E-state index >= 15 is 0 Å². The normalized spacial score (nSPS) is 14.0. The summed E-state index contributed by atoms with van der Waals surface area (Å²) in [5.74, 6) is 1.15. The summed E-state index contributed by atoms with van der Waals surface area (Å²) in [6, 6.07) is 11.2. The Morgan fingerprint density at radius 3 is 2.55 bits per heavy atom. The fraction of sp³-hybridized carbons (Fsp3) is 0.355. The molecule has 2 heterocycles. The lowest BCUT2D eigenvalue weighted by Gasteiger charge is -2.27. The summed E-state index contributed by atoms with van der Waals surface area (Å²) in [6.07, 6.45) is 6.67. The molecule has 0 spiro atoms. The molecular weight excluding hydrogens is 502 g/mol. The number of ether oxygens (including phenoxy) is 1. The molecule has 40 heavy (non-hydrogen) atoms. The third-order valence-electron chi connectivity index (χ3n) is 6.94. The largest absolute Gasteiger partial charge is 0.495 e. The summed E-state index contributed by atoms with van der Waals surface area (Å²) >= 11 is 0. The monoisotopic (exact) mass is 541 g/mol. The van der Waals surface area contributed by atoms with E-state index in [1.807, 2.05) is 31.2 Å². The van der Waals surface area contributed by atoms with Crippen molar-refractivity contribution in [1.82, 2.24) is 9.97 Å². The van der Waals surface area contributed by atoms with Crippen LogP contribution < -0.4 is 26.0 Å². The number of aromatic nitrogens is 2. The Hall–Kier alpha value is -4.40. The van der Waals surface area contributed by atoms with Gasteiger partial charge in [0, 0.05) is 18.7 Å².